The third kappa shape index (κ3) is 37.1. The molecule has 6 heterocycles. The summed E-state index contributed by atoms with van der Waals surface area (Å²) in [5.74, 6) is -19.7. The Morgan fingerprint density at radius 3 is 1.44 bits per heavy atom. The molecule has 3 aromatic carbocycles. The van der Waals surface area contributed by atoms with Gasteiger partial charge < -0.3 is 125 Å². The van der Waals surface area contributed by atoms with Crippen LogP contribution in [0.1, 0.15) is 188 Å². The lowest BCUT2D eigenvalue weighted by atomic mass is 9.87. The van der Waals surface area contributed by atoms with E-state index in [1.165, 1.54) is 88.9 Å². The molecule has 21 amide bonds. The minimum absolute atomic E-state index is 0.00107. The Kier molecular flexibility index (Phi) is 46.6. The molecule has 0 unspecified atom stereocenters. The van der Waals surface area contributed by atoms with Crippen molar-refractivity contribution in [2.75, 3.05) is 80.7 Å². The number of nitrogens with zero attached hydrogens (tertiary/aromatic N) is 6. The van der Waals surface area contributed by atoms with Crippen molar-refractivity contribution < 1.29 is 121 Å². The number of carbonyl (C=O) groups is 22. The molecule has 19 N–H and O–H groups in total. The summed E-state index contributed by atoms with van der Waals surface area (Å²) in [6.07, 6.45) is 4.49. The highest BCUT2D eigenvalue weighted by atomic mass is 32.2. The van der Waals surface area contributed by atoms with Crippen LogP contribution in [0.25, 0.3) is 0 Å². The fourth-order valence-corrected chi connectivity index (χ4v) is 20.8. The molecule has 6 saturated heterocycles. The number of thioether (sulfide) groups is 3. The summed E-state index contributed by atoms with van der Waals surface area (Å²) in [6.45, 7) is 10.7. The van der Waals surface area contributed by atoms with Crippen LogP contribution >= 0.6 is 35.3 Å². The monoisotopic (exact) mass is 2140 g/mol. The number of hydrogen-bond acceptors (Lipinski definition) is 27. The molecule has 150 heavy (non-hydrogen) atoms. The number of carbonyl (C=O) groups excluding carboxylic acids is 21. The number of nitrogens with one attached hydrogen (secondary N) is 14. The van der Waals surface area contributed by atoms with E-state index < -0.39 is 277 Å². The van der Waals surface area contributed by atoms with Gasteiger partial charge in [-0.25, -0.2) is 0 Å². The Morgan fingerprint density at radius 2 is 0.933 bits per heavy atom. The van der Waals surface area contributed by atoms with Crippen molar-refractivity contribution in [1.82, 2.24) is 104 Å². The van der Waals surface area contributed by atoms with Gasteiger partial charge in [0.05, 0.1) is 32.2 Å². The molecule has 0 spiro atoms. The van der Waals surface area contributed by atoms with Crippen LogP contribution in [-0.4, -0.2) is 352 Å². The molecular weight excluding hydrogens is 2000 g/mol. The van der Waals surface area contributed by atoms with Crippen LogP contribution in [0, 0.1) is 17.8 Å². The lowest BCUT2D eigenvalue weighted by Gasteiger charge is -2.42. The number of phenolic OH excluding ortho intramolecular Hbond substituents is 2. The smallest absolute Gasteiger partial charge is 0.305 e. The van der Waals surface area contributed by atoms with E-state index in [0.717, 1.165) is 52.0 Å². The fourth-order valence-electron chi connectivity index (χ4n) is 17.9. The van der Waals surface area contributed by atoms with Crippen LogP contribution in [0.4, 0.5) is 0 Å². The first-order chi connectivity index (χ1) is 71.3. The Morgan fingerprint density at radius 1 is 0.493 bits per heavy atom. The number of carboxylic acid groups (broad SMARTS) is 1. The molecule has 818 valence electrons. The van der Waals surface area contributed by atoms with E-state index in [2.05, 4.69) is 80.4 Å². The highest BCUT2D eigenvalue weighted by molar-refractivity contribution is 8.00. The van der Waals surface area contributed by atoms with Gasteiger partial charge in [-0.3, -0.25) is 105 Å². The third-order valence-corrected chi connectivity index (χ3v) is 29.2. The van der Waals surface area contributed by atoms with Crippen molar-refractivity contribution >= 4 is 165 Å². The van der Waals surface area contributed by atoms with Crippen molar-refractivity contribution in [1.29, 1.82) is 0 Å². The lowest BCUT2D eigenvalue weighted by molar-refractivity contribution is -0.157. The predicted molar refractivity (Wildman–Crippen MR) is 552 cm³/mol. The van der Waals surface area contributed by atoms with E-state index >= 15 is 33.6 Å². The lowest BCUT2D eigenvalue weighted by Crippen LogP contribution is -2.61. The van der Waals surface area contributed by atoms with Gasteiger partial charge in [-0.15, -0.1) is 24.1 Å². The maximum Gasteiger partial charge on any atom is 0.305 e. The Balaban J connectivity index is 1.13. The number of primary amides is 1. The van der Waals surface area contributed by atoms with Gasteiger partial charge in [0.15, 0.2) is 0 Å². The van der Waals surface area contributed by atoms with Gasteiger partial charge in [-0.05, 0) is 138 Å². The summed E-state index contributed by atoms with van der Waals surface area (Å²) < 4.78 is 0. The van der Waals surface area contributed by atoms with Gasteiger partial charge in [0, 0.05) is 107 Å². The normalized spacial score (nSPS) is 25.6. The van der Waals surface area contributed by atoms with E-state index in [0.29, 0.717) is 42.4 Å². The number of hydrogen-bond donors (Lipinski definition) is 18. The Labute approximate surface area is 883 Å². The Bertz CT molecular complexity index is 5390. The molecule has 0 aliphatic carbocycles. The van der Waals surface area contributed by atoms with Gasteiger partial charge in [0.2, 0.25) is 124 Å². The molecule has 46 nitrogen and oxygen atoms in total. The number of carboxylic acids is 1. The van der Waals surface area contributed by atoms with Crippen LogP contribution in [0.15, 0.2) is 78.9 Å². The summed E-state index contributed by atoms with van der Waals surface area (Å²) in [5, 5.41) is 68.5. The fraction of sp³-hybridized carbons (Fsp3) is 0.584. The Hall–Kier alpha value is -13.8. The number of fused-ring (bicyclic) bond motifs is 9. The molecule has 49 heteroatoms. The summed E-state index contributed by atoms with van der Waals surface area (Å²) in [6, 6.07) is -5.34. The summed E-state index contributed by atoms with van der Waals surface area (Å²) >= 11 is 2.73. The zero-order valence-corrected chi connectivity index (χ0v) is 88.1. The second kappa shape index (κ2) is 58.4. The molecular formula is C101H141N21O25S3. The van der Waals surface area contributed by atoms with Crippen molar-refractivity contribution in [2.45, 2.75) is 287 Å². The van der Waals surface area contributed by atoms with Crippen LogP contribution in [0.5, 0.6) is 11.5 Å². The van der Waals surface area contributed by atoms with E-state index in [1.807, 2.05) is 20.8 Å². The molecule has 0 saturated carbocycles. The highest BCUT2D eigenvalue weighted by Gasteiger charge is 2.47. The molecule has 4 bridgehead atoms. The molecule has 3 aromatic rings. The van der Waals surface area contributed by atoms with Crippen LogP contribution in [0.3, 0.4) is 0 Å². The quantitative estimate of drug-likeness (QED) is 0.0366. The van der Waals surface area contributed by atoms with Crippen LogP contribution < -0.4 is 80.2 Å². The first kappa shape index (κ1) is 120. The van der Waals surface area contributed by atoms with Crippen LogP contribution in [-0.2, 0) is 125 Å². The maximum absolute atomic E-state index is 15.7. The molecule has 9 rings (SSSR count). The summed E-state index contributed by atoms with van der Waals surface area (Å²) in [7, 11) is 0. The van der Waals surface area contributed by atoms with Gasteiger partial charge in [0.1, 0.15) is 108 Å². The topological polar surface area (TPSA) is 650 Å². The van der Waals surface area contributed by atoms with E-state index in [9.17, 15) is 87.2 Å². The molecule has 6 fully saturated rings. The SMILES string of the molecule is C#CCCC(=O)NCCCC[C@@H]1NC(=O)[C@@H]2CCCN2C(=O)[C@H](CC(C)(C)C)NC(=O)[C@@H](NC(C)=O)CSCCC(=O)N2CN3CN(C2)C(=O)CSC[C@H](NC(=O)[C@H](Cc2ccc(O)cc2)NC(=O)[C@@H]2CCCN2C(=O)[C@@H](C)NC1=O)C(=O)N[C@@H](Cc1ccccc1)C(=O)N[C@@H](C)C(=O)N[C@@H](CC(=O)O)C(=O)N1CCC[C@H]1C(=O)N[C@@H](Cc1ccc(O)cc1)C(=O)N[C@@H](CCCC)C(=O)N[C@H](C(=O)N[C@@H](C)C(N)=O)CSCCC3=O. The third-order valence-electron chi connectivity index (χ3n) is 26.0. The van der Waals surface area contributed by atoms with Crippen molar-refractivity contribution in [3.8, 4) is 23.8 Å². The number of amides is 21. The summed E-state index contributed by atoms with van der Waals surface area (Å²) in [5.41, 5.74) is 6.01. The number of nitrogens with two attached hydrogens (primary N) is 1. The predicted octanol–water partition coefficient (Wildman–Crippen LogP) is -1.85. The number of rotatable bonds is 23. The van der Waals surface area contributed by atoms with Crippen LogP contribution in [0.2, 0.25) is 0 Å². The molecule has 6 aliphatic heterocycles. The number of unbranched alkanes of at least 4 members (excludes halogenated alkanes) is 2. The van der Waals surface area contributed by atoms with E-state index in [1.54, 1.807) is 37.3 Å². The van der Waals surface area contributed by atoms with Gasteiger partial charge in [-0.1, -0.05) is 95.1 Å². The largest absolute Gasteiger partial charge is 0.508 e. The number of phenols is 2. The van der Waals surface area contributed by atoms with E-state index in [4.69, 9.17) is 12.2 Å². The molecule has 0 aromatic heterocycles. The second-order valence-corrected chi connectivity index (χ2v) is 42.7. The maximum atomic E-state index is 15.7. The standard InChI is InChI=1S/C101H141N21O25S3/c1-10-12-24-67-88(135)115-75(92(139)104-58(3)85(102)132)52-149-45-39-82(128)118-55-117-56-119(57-118)83(129)54-150-53-76(94(141)110-69(46-62-22-15-14-16-23-62)89(136)105-59(4)86(133)113-72(49-84(130)131)99(146)121-42-20-28-79(121)97(144)111-70(90(137)108-67)47-63-30-34-65(124)35-31-63)116-91(138)71(48-64-32-36-66(125)37-33-64)112-96(143)77-26-19-41-120(77)98(145)60(5)106-87(134)68(25-17-18-40-103-80(126)29-13-11-2)109-95(142)78-27-21-43-122(78)100(147)73(50-101(7,8)9)114-93(140)74(107-61(6)123)51-148-44-38-81(117)127/h2,14-16,22-23,30-37,58-60,67-79,124-125H,10,12-13,17-21,24-29,38-57H2,1,3-9H3,(H2,102,132)(H,103,126)(H,104,139)(H,105,136)(H,106,134)(H,107,123)(H,108,137)(H,109,142)(H,110,141)(H,111,144)(H,112,143)(H,113,133)(H,114,140)(H,115,135)(H,116,138)(H,130,131)/t58-,59-,60+,67-,68-,69-,70-,71-,72-,73-,74-,75-,76-,77-,78-,79-/m0/s1. The number of benzene rings is 3. The molecule has 16 atom stereocenters. The summed E-state index contributed by atoms with van der Waals surface area (Å²) in [4.78, 5) is 328. The zero-order chi connectivity index (χ0) is 110. The number of aliphatic carboxylic acids is 1. The van der Waals surface area contributed by atoms with Gasteiger partial charge in [-0.2, -0.15) is 23.5 Å². The highest BCUT2D eigenvalue weighted by Crippen LogP contribution is 2.29. The van der Waals surface area contributed by atoms with Gasteiger partial charge >= 0.3 is 5.97 Å². The molecule has 6 aliphatic rings. The van der Waals surface area contributed by atoms with Crippen molar-refractivity contribution in [3.05, 3.63) is 95.6 Å². The first-order valence-corrected chi connectivity index (χ1v) is 54.0. The van der Waals surface area contributed by atoms with Crippen molar-refractivity contribution in [2.24, 2.45) is 11.1 Å². The zero-order valence-electron chi connectivity index (χ0n) is 85.7. The van der Waals surface area contributed by atoms with Gasteiger partial charge in [0.25, 0.3) is 0 Å². The average molecular weight is 2150 g/mol. The van der Waals surface area contributed by atoms with E-state index in [-0.39, 0.29) is 156 Å². The average Bonchev–Trinajstić information content (AvgIpc) is 1.61. The number of aromatic hydroxyl groups is 2. The first-order valence-electron chi connectivity index (χ1n) is 50.5. The van der Waals surface area contributed by atoms with Crippen molar-refractivity contribution in [3.63, 3.8) is 0 Å². The minimum atomic E-state index is -1.95. The molecule has 0 radical (unpaired) electrons. The minimum Gasteiger partial charge on any atom is -0.508 e. The second-order valence-electron chi connectivity index (χ2n) is 39.3. The number of terminal acetylenes is 1.